The number of benzene rings is 2. The molecule has 1 atom stereocenters. The van der Waals surface area contributed by atoms with Gasteiger partial charge in [0.1, 0.15) is 5.69 Å². The van der Waals surface area contributed by atoms with Crippen LogP contribution in [0.3, 0.4) is 0 Å². The Morgan fingerprint density at radius 3 is 2.58 bits per heavy atom. The highest BCUT2D eigenvalue weighted by atomic mass is 32.2. The fraction of sp³-hybridized carbons (Fsp3) is 0.200. The number of para-hydroxylation sites is 1. The summed E-state index contributed by atoms with van der Waals surface area (Å²) in [4.78, 5) is 26.9. The van der Waals surface area contributed by atoms with Crippen LogP contribution in [0.5, 0.6) is 0 Å². The van der Waals surface area contributed by atoms with Gasteiger partial charge in [-0.3, -0.25) is 14.3 Å². The smallest absolute Gasteiger partial charge is 0.295 e. The molecule has 3 aromatic rings. The van der Waals surface area contributed by atoms with Gasteiger partial charge in [-0.05, 0) is 30.7 Å². The number of nitrogens with zero attached hydrogens (tertiary/aromatic N) is 2. The summed E-state index contributed by atoms with van der Waals surface area (Å²) in [5.74, 6) is 0.332. The molecule has 1 aliphatic heterocycles. The van der Waals surface area contributed by atoms with Gasteiger partial charge in [0.2, 0.25) is 5.91 Å². The van der Waals surface area contributed by atoms with Crippen molar-refractivity contribution in [3.63, 3.8) is 0 Å². The summed E-state index contributed by atoms with van der Waals surface area (Å²) in [6.45, 7) is 1.84. The van der Waals surface area contributed by atoms with Gasteiger partial charge in [-0.25, -0.2) is 4.68 Å². The molecule has 0 spiro atoms. The minimum atomic E-state index is -0.236. The molecule has 5 nitrogen and oxygen atoms in total. The third-order valence-electron chi connectivity index (χ3n) is 4.82. The summed E-state index contributed by atoms with van der Waals surface area (Å²) in [5, 5.41) is 2.89. The number of rotatable bonds is 3. The van der Waals surface area contributed by atoms with Crippen LogP contribution in [0.2, 0.25) is 0 Å². The SMILES string of the molecule is Cc1c(NC(=O)C2CSc3ccccc32)c(=O)n(-c2ccccc2)n1C. The summed E-state index contributed by atoms with van der Waals surface area (Å²) in [5.41, 5.74) is 2.66. The predicted molar refractivity (Wildman–Crippen MR) is 104 cm³/mol. The monoisotopic (exact) mass is 365 g/mol. The lowest BCUT2D eigenvalue weighted by atomic mass is 10.0. The molecule has 1 amide bonds. The third kappa shape index (κ3) is 2.66. The largest absolute Gasteiger partial charge is 0.319 e. The highest BCUT2D eigenvalue weighted by molar-refractivity contribution is 7.99. The molecule has 0 saturated carbocycles. The average Bonchev–Trinajstić information content (AvgIpc) is 3.18. The van der Waals surface area contributed by atoms with Crippen LogP contribution >= 0.6 is 11.8 Å². The lowest BCUT2D eigenvalue weighted by Gasteiger charge is -2.10. The van der Waals surface area contributed by atoms with Gasteiger partial charge in [0.15, 0.2) is 0 Å². The highest BCUT2D eigenvalue weighted by Gasteiger charge is 2.30. The fourth-order valence-electron chi connectivity index (χ4n) is 3.30. The molecule has 2 aromatic carbocycles. The predicted octanol–water partition coefficient (Wildman–Crippen LogP) is 3.31. The summed E-state index contributed by atoms with van der Waals surface area (Å²) >= 11 is 1.68. The van der Waals surface area contributed by atoms with Crippen LogP contribution in [-0.2, 0) is 11.8 Å². The maximum Gasteiger partial charge on any atom is 0.295 e. The molecule has 1 N–H and O–H groups in total. The van der Waals surface area contributed by atoms with Gasteiger partial charge in [0.05, 0.1) is 17.3 Å². The van der Waals surface area contributed by atoms with Crippen molar-refractivity contribution in [1.29, 1.82) is 0 Å². The van der Waals surface area contributed by atoms with Crippen molar-refractivity contribution in [3.05, 3.63) is 76.2 Å². The second-order valence-corrected chi connectivity index (χ2v) is 7.39. The molecular weight excluding hydrogens is 346 g/mol. The van der Waals surface area contributed by atoms with Crippen molar-refractivity contribution in [1.82, 2.24) is 9.36 Å². The van der Waals surface area contributed by atoms with Crippen molar-refractivity contribution in [2.45, 2.75) is 17.7 Å². The summed E-state index contributed by atoms with van der Waals surface area (Å²) in [6, 6.07) is 17.4. The number of carbonyl (C=O) groups excluding carboxylic acids is 1. The van der Waals surface area contributed by atoms with Gasteiger partial charge in [-0.1, -0.05) is 36.4 Å². The zero-order valence-corrected chi connectivity index (χ0v) is 15.4. The molecule has 0 saturated heterocycles. The van der Waals surface area contributed by atoms with E-state index in [4.69, 9.17) is 0 Å². The van der Waals surface area contributed by atoms with Crippen LogP contribution in [0.1, 0.15) is 17.2 Å². The van der Waals surface area contributed by atoms with Gasteiger partial charge < -0.3 is 5.32 Å². The standard InChI is InChI=1S/C20H19N3O2S/c1-13-18(20(25)23(22(13)2)14-8-4-3-5-9-14)21-19(24)16-12-26-17-11-7-6-10-15(16)17/h3-11,16H,12H2,1-2H3,(H,21,24). The van der Waals surface area contributed by atoms with Gasteiger partial charge in [0, 0.05) is 17.7 Å². The number of hydrogen-bond donors (Lipinski definition) is 1. The zero-order chi connectivity index (χ0) is 18.3. The second kappa shape index (κ2) is 6.53. The number of anilines is 1. The van der Waals surface area contributed by atoms with Crippen molar-refractivity contribution < 1.29 is 4.79 Å². The number of fused-ring (bicyclic) bond motifs is 1. The van der Waals surface area contributed by atoms with Gasteiger partial charge in [0.25, 0.3) is 5.56 Å². The van der Waals surface area contributed by atoms with Crippen LogP contribution in [0.15, 0.2) is 64.3 Å². The number of amides is 1. The topological polar surface area (TPSA) is 56.0 Å². The van der Waals surface area contributed by atoms with E-state index in [-0.39, 0.29) is 17.4 Å². The number of aromatic nitrogens is 2. The second-order valence-electron chi connectivity index (χ2n) is 6.33. The van der Waals surface area contributed by atoms with E-state index < -0.39 is 0 Å². The molecule has 0 fully saturated rings. The van der Waals surface area contributed by atoms with Crippen LogP contribution in [0.25, 0.3) is 5.69 Å². The first kappa shape index (κ1) is 16.7. The molecule has 6 heteroatoms. The van der Waals surface area contributed by atoms with E-state index >= 15 is 0 Å². The molecule has 1 unspecified atom stereocenters. The highest BCUT2D eigenvalue weighted by Crippen LogP contribution is 2.39. The third-order valence-corrected chi connectivity index (χ3v) is 6.00. The first-order valence-corrected chi connectivity index (χ1v) is 9.43. The molecule has 1 aliphatic rings. The molecule has 0 bridgehead atoms. The van der Waals surface area contributed by atoms with Gasteiger partial charge in [-0.15, -0.1) is 11.8 Å². The Labute approximate surface area is 155 Å². The minimum absolute atomic E-state index is 0.131. The Bertz CT molecular complexity index is 1040. The van der Waals surface area contributed by atoms with Crippen LogP contribution in [-0.4, -0.2) is 21.0 Å². The van der Waals surface area contributed by atoms with Crippen molar-refractivity contribution >= 4 is 23.4 Å². The van der Waals surface area contributed by atoms with Gasteiger partial charge >= 0.3 is 0 Å². The maximum absolute atomic E-state index is 12.9. The Morgan fingerprint density at radius 2 is 1.81 bits per heavy atom. The van der Waals surface area contributed by atoms with E-state index in [1.165, 1.54) is 0 Å². The molecule has 0 aliphatic carbocycles. The molecule has 4 rings (SSSR count). The summed E-state index contributed by atoms with van der Waals surface area (Å²) < 4.78 is 3.34. The van der Waals surface area contributed by atoms with E-state index in [2.05, 4.69) is 5.32 Å². The van der Waals surface area contributed by atoms with E-state index in [9.17, 15) is 9.59 Å². The van der Waals surface area contributed by atoms with E-state index in [0.717, 1.165) is 21.8 Å². The molecule has 2 heterocycles. The minimum Gasteiger partial charge on any atom is -0.319 e. The molecule has 132 valence electrons. The zero-order valence-electron chi connectivity index (χ0n) is 14.6. The van der Waals surface area contributed by atoms with E-state index in [1.807, 2.05) is 68.6 Å². The number of nitrogens with one attached hydrogen (secondary N) is 1. The molecule has 0 radical (unpaired) electrons. The molecule has 26 heavy (non-hydrogen) atoms. The first-order chi connectivity index (χ1) is 12.6. The quantitative estimate of drug-likeness (QED) is 0.775. The van der Waals surface area contributed by atoms with Gasteiger partial charge in [-0.2, -0.15) is 0 Å². The Balaban J connectivity index is 1.68. The average molecular weight is 365 g/mol. The number of carbonyl (C=O) groups is 1. The number of thioether (sulfide) groups is 1. The normalized spacial score (nSPS) is 15.7. The van der Waals surface area contributed by atoms with Crippen LogP contribution < -0.4 is 10.9 Å². The Kier molecular flexibility index (Phi) is 4.20. The van der Waals surface area contributed by atoms with Crippen molar-refractivity contribution in [2.24, 2.45) is 7.05 Å². The van der Waals surface area contributed by atoms with E-state index in [1.54, 1.807) is 21.1 Å². The molecular formula is C20H19N3O2S. The van der Waals surface area contributed by atoms with E-state index in [0.29, 0.717) is 11.4 Å². The maximum atomic E-state index is 12.9. The molecule has 1 aromatic heterocycles. The Hall–Kier alpha value is -2.73. The lowest BCUT2D eigenvalue weighted by molar-refractivity contribution is -0.117. The van der Waals surface area contributed by atoms with Crippen molar-refractivity contribution in [2.75, 3.05) is 11.1 Å². The summed E-state index contributed by atoms with van der Waals surface area (Å²) in [6.07, 6.45) is 0. The number of hydrogen-bond acceptors (Lipinski definition) is 3. The summed E-state index contributed by atoms with van der Waals surface area (Å²) in [7, 11) is 1.82. The lowest BCUT2D eigenvalue weighted by Crippen LogP contribution is -2.26. The first-order valence-electron chi connectivity index (χ1n) is 8.44. The fourth-order valence-corrected chi connectivity index (χ4v) is 4.53. The van der Waals surface area contributed by atoms with Crippen molar-refractivity contribution in [3.8, 4) is 5.69 Å². The van der Waals surface area contributed by atoms with Crippen LogP contribution in [0, 0.1) is 6.92 Å². The Morgan fingerprint density at radius 1 is 1.12 bits per heavy atom. The van der Waals surface area contributed by atoms with Crippen LogP contribution in [0.4, 0.5) is 5.69 Å².